The van der Waals surface area contributed by atoms with Crippen LogP contribution in [0.1, 0.15) is 75.1 Å². The molecule has 198 valence electrons. The van der Waals surface area contributed by atoms with Crippen LogP contribution in [0.15, 0.2) is 66.7 Å². The average molecular weight is 507 g/mol. The fraction of sp³-hybridized carbons (Fsp3) is 0.484. The molecule has 4 unspecified atom stereocenters. The molecule has 2 aromatic rings. The van der Waals surface area contributed by atoms with E-state index in [9.17, 15) is 24.9 Å². The Labute approximate surface area is 219 Å². The van der Waals surface area contributed by atoms with Gasteiger partial charge in [-0.05, 0) is 55.4 Å². The highest BCUT2D eigenvalue weighted by Crippen LogP contribution is 2.44. The Balaban J connectivity index is 1.56. The van der Waals surface area contributed by atoms with Gasteiger partial charge in [-0.2, -0.15) is 0 Å². The number of aliphatic hydroxyl groups excluding tert-OH is 1. The number of rotatable bonds is 9. The first-order valence-corrected chi connectivity index (χ1v) is 13.4. The number of carbonyl (C=O) groups is 2. The van der Waals surface area contributed by atoms with Gasteiger partial charge in [-0.15, -0.1) is 0 Å². The van der Waals surface area contributed by atoms with Gasteiger partial charge in [-0.25, -0.2) is 4.79 Å². The van der Waals surface area contributed by atoms with Gasteiger partial charge in [-0.3, -0.25) is 4.79 Å². The van der Waals surface area contributed by atoms with Crippen molar-refractivity contribution in [3.8, 4) is 11.1 Å². The largest absolute Gasteiger partial charge is 0.481 e. The molecule has 0 aromatic heterocycles. The molecule has 0 aliphatic heterocycles. The van der Waals surface area contributed by atoms with Crippen LogP contribution >= 0.6 is 0 Å². The van der Waals surface area contributed by atoms with Crippen LogP contribution in [-0.4, -0.2) is 44.6 Å². The van der Waals surface area contributed by atoms with Crippen molar-refractivity contribution in [2.45, 2.75) is 82.0 Å². The van der Waals surface area contributed by atoms with Gasteiger partial charge in [0.2, 0.25) is 0 Å². The van der Waals surface area contributed by atoms with E-state index in [0.717, 1.165) is 24.0 Å². The Hall–Kier alpha value is -2.96. The van der Waals surface area contributed by atoms with E-state index in [-0.39, 0.29) is 5.56 Å². The van der Waals surface area contributed by atoms with E-state index in [2.05, 4.69) is 0 Å². The number of aliphatic carboxylic acids is 1. The third-order valence-corrected chi connectivity index (χ3v) is 7.97. The topological polar surface area (TPSA) is 104 Å². The number of aliphatic hydroxyl groups is 2. The fourth-order valence-corrected chi connectivity index (χ4v) is 6.05. The zero-order valence-corrected chi connectivity index (χ0v) is 21.5. The Morgan fingerprint density at radius 3 is 2.41 bits per heavy atom. The monoisotopic (exact) mass is 506 g/mol. The summed E-state index contributed by atoms with van der Waals surface area (Å²) in [6.07, 6.45) is 9.06. The first-order valence-electron chi connectivity index (χ1n) is 13.4. The molecule has 0 bridgehead atoms. The summed E-state index contributed by atoms with van der Waals surface area (Å²) in [6, 6.07) is 16.6. The Kier molecular flexibility index (Phi) is 8.50. The third-order valence-electron chi connectivity index (χ3n) is 7.97. The number of carboxylic acid groups (broad SMARTS) is 1. The van der Waals surface area contributed by atoms with Crippen LogP contribution in [0, 0.1) is 11.8 Å². The first kappa shape index (κ1) is 27.1. The van der Waals surface area contributed by atoms with Gasteiger partial charge < -0.3 is 20.1 Å². The maximum absolute atomic E-state index is 13.3. The number of benzene rings is 2. The van der Waals surface area contributed by atoms with E-state index in [0.29, 0.717) is 25.2 Å². The van der Waals surface area contributed by atoms with Crippen LogP contribution in [0.5, 0.6) is 0 Å². The number of esters is 1. The second kappa shape index (κ2) is 11.6. The molecular formula is C31H38O6. The lowest BCUT2D eigenvalue weighted by atomic mass is 9.80. The van der Waals surface area contributed by atoms with Gasteiger partial charge in [-0.1, -0.05) is 86.7 Å². The van der Waals surface area contributed by atoms with E-state index in [1.54, 1.807) is 37.3 Å². The molecule has 0 spiro atoms. The minimum absolute atomic E-state index is 0.289. The smallest absolute Gasteiger partial charge is 0.338 e. The molecule has 2 fully saturated rings. The van der Waals surface area contributed by atoms with E-state index < -0.39 is 41.6 Å². The number of carboxylic acids is 1. The molecule has 0 amide bonds. The molecule has 37 heavy (non-hydrogen) atoms. The van der Waals surface area contributed by atoms with E-state index in [1.807, 2.05) is 36.4 Å². The van der Waals surface area contributed by atoms with Crippen LogP contribution in [0.4, 0.5) is 0 Å². The van der Waals surface area contributed by atoms with E-state index >= 15 is 0 Å². The average Bonchev–Trinajstić information content (AvgIpc) is 3.17. The minimum Gasteiger partial charge on any atom is -0.481 e. The van der Waals surface area contributed by atoms with Crippen LogP contribution < -0.4 is 0 Å². The van der Waals surface area contributed by atoms with Crippen molar-refractivity contribution in [1.82, 2.24) is 0 Å². The van der Waals surface area contributed by atoms with Crippen molar-refractivity contribution in [2.75, 3.05) is 0 Å². The third kappa shape index (κ3) is 6.68. The molecule has 2 aliphatic carbocycles. The number of ether oxygens (including phenoxy) is 1. The van der Waals surface area contributed by atoms with Crippen molar-refractivity contribution >= 4 is 11.9 Å². The molecule has 6 nitrogen and oxygen atoms in total. The fourth-order valence-electron chi connectivity index (χ4n) is 6.05. The zero-order valence-electron chi connectivity index (χ0n) is 21.5. The second-order valence-electron chi connectivity index (χ2n) is 11.0. The summed E-state index contributed by atoms with van der Waals surface area (Å²) in [5, 5.41) is 31.7. The summed E-state index contributed by atoms with van der Waals surface area (Å²) in [4.78, 5) is 25.2. The lowest BCUT2D eigenvalue weighted by molar-refractivity contribution is -0.150. The van der Waals surface area contributed by atoms with E-state index in [4.69, 9.17) is 4.74 Å². The summed E-state index contributed by atoms with van der Waals surface area (Å²) < 4.78 is 5.92. The number of hydrogen-bond donors (Lipinski definition) is 3. The lowest BCUT2D eigenvalue weighted by Crippen LogP contribution is -2.48. The minimum atomic E-state index is -1.61. The predicted molar refractivity (Wildman–Crippen MR) is 142 cm³/mol. The molecule has 0 saturated heterocycles. The Morgan fingerprint density at radius 1 is 1.00 bits per heavy atom. The number of carbonyl (C=O) groups excluding carboxylic acids is 1. The van der Waals surface area contributed by atoms with Crippen LogP contribution in [0.25, 0.3) is 11.1 Å². The molecular weight excluding hydrogens is 468 g/mol. The van der Waals surface area contributed by atoms with Crippen molar-refractivity contribution in [1.29, 1.82) is 0 Å². The van der Waals surface area contributed by atoms with Gasteiger partial charge in [0, 0.05) is 5.92 Å². The summed E-state index contributed by atoms with van der Waals surface area (Å²) in [5.74, 6) is -1.90. The maximum Gasteiger partial charge on any atom is 0.338 e. The highest BCUT2D eigenvalue weighted by atomic mass is 16.6. The second-order valence-corrected chi connectivity index (χ2v) is 11.0. The molecule has 3 N–H and O–H groups in total. The van der Waals surface area contributed by atoms with Gasteiger partial charge >= 0.3 is 11.9 Å². The number of hydrogen-bond acceptors (Lipinski definition) is 5. The molecule has 4 atom stereocenters. The first-order chi connectivity index (χ1) is 17.7. The van der Waals surface area contributed by atoms with Gasteiger partial charge in [0.1, 0.15) is 0 Å². The van der Waals surface area contributed by atoms with Crippen LogP contribution in [0.2, 0.25) is 0 Å². The maximum atomic E-state index is 13.3. The highest BCUT2D eigenvalue weighted by molar-refractivity contribution is 5.91. The molecule has 4 rings (SSSR count). The standard InChI is InChI=1S/C31H38O6/c1-30(36,20-22-9-4-2-5-10-22)18-17-26-15-16-27(32)31(26,21-28(33)34)37-29(35)25-14-8-13-24(19-25)23-11-6-3-7-12-23/h3,6-8,11-14,17-19,22,26-27,32,36H,2,4-5,9-10,15-16,20-21H2,1H3,(H,33,34). The summed E-state index contributed by atoms with van der Waals surface area (Å²) >= 11 is 0. The van der Waals surface area contributed by atoms with Gasteiger partial charge in [0.05, 0.1) is 23.7 Å². The molecule has 2 saturated carbocycles. The summed E-state index contributed by atoms with van der Waals surface area (Å²) in [5.41, 5.74) is -0.595. The Bertz CT molecular complexity index is 1100. The SMILES string of the molecule is CC(O)(C=CC1CCC(O)C1(CC(=O)O)OC(=O)c1cccc(-c2ccccc2)c1)CC1CCCCC1. The molecule has 2 aliphatic rings. The van der Waals surface area contributed by atoms with Crippen molar-refractivity contribution < 1.29 is 29.6 Å². The van der Waals surface area contributed by atoms with Crippen molar-refractivity contribution in [3.63, 3.8) is 0 Å². The van der Waals surface area contributed by atoms with Gasteiger partial charge in [0.25, 0.3) is 0 Å². The molecule has 2 aromatic carbocycles. The highest BCUT2D eigenvalue weighted by Gasteiger charge is 2.53. The Morgan fingerprint density at radius 2 is 1.70 bits per heavy atom. The van der Waals surface area contributed by atoms with Crippen LogP contribution in [0.3, 0.4) is 0 Å². The molecule has 0 radical (unpaired) electrons. The van der Waals surface area contributed by atoms with Crippen LogP contribution in [-0.2, 0) is 9.53 Å². The van der Waals surface area contributed by atoms with Crippen molar-refractivity contribution in [3.05, 3.63) is 72.3 Å². The quantitative estimate of drug-likeness (QED) is 0.295. The lowest BCUT2D eigenvalue weighted by Gasteiger charge is -2.36. The molecule has 0 heterocycles. The predicted octanol–water partition coefficient (Wildman–Crippen LogP) is 5.77. The summed E-state index contributed by atoms with van der Waals surface area (Å²) in [7, 11) is 0. The zero-order chi connectivity index (χ0) is 26.5. The normalized spacial score (nSPS) is 26.1. The van der Waals surface area contributed by atoms with Gasteiger partial charge in [0.15, 0.2) is 5.60 Å². The van der Waals surface area contributed by atoms with Crippen molar-refractivity contribution in [2.24, 2.45) is 11.8 Å². The van der Waals surface area contributed by atoms with E-state index in [1.165, 1.54) is 19.3 Å². The molecule has 6 heteroatoms. The summed E-state index contributed by atoms with van der Waals surface area (Å²) in [6.45, 7) is 1.77.